The number of rotatable bonds is 3. The Bertz CT molecular complexity index is 731. The molecule has 1 heterocycles. The highest BCUT2D eigenvalue weighted by Crippen LogP contribution is 2.38. The third-order valence-electron chi connectivity index (χ3n) is 5.46. The van der Waals surface area contributed by atoms with Crippen LogP contribution in [-0.2, 0) is 9.59 Å². The zero-order chi connectivity index (χ0) is 18.2. The van der Waals surface area contributed by atoms with E-state index in [0.29, 0.717) is 12.1 Å². The highest BCUT2D eigenvalue weighted by Gasteiger charge is 2.55. The van der Waals surface area contributed by atoms with Crippen LogP contribution in [0.4, 0.5) is 10.5 Å². The fourth-order valence-electron chi connectivity index (χ4n) is 3.93. The normalized spacial score (nSPS) is 26.0. The van der Waals surface area contributed by atoms with Crippen LogP contribution in [0.2, 0.25) is 0 Å². The van der Waals surface area contributed by atoms with Crippen molar-refractivity contribution in [2.75, 3.05) is 11.9 Å². The van der Waals surface area contributed by atoms with Crippen molar-refractivity contribution in [3.63, 3.8) is 0 Å². The zero-order valence-corrected chi connectivity index (χ0v) is 15.0. The molecule has 2 unspecified atom stereocenters. The number of benzene rings is 1. The number of hydrogen-bond donors (Lipinski definition) is 2. The third-order valence-corrected chi connectivity index (χ3v) is 5.46. The molecule has 6 heteroatoms. The molecular weight excluding hydrogens is 318 g/mol. The molecule has 1 aromatic rings. The molecule has 3 rings (SSSR count). The quantitative estimate of drug-likeness (QED) is 0.828. The molecule has 1 saturated carbocycles. The van der Waals surface area contributed by atoms with E-state index in [-0.39, 0.29) is 24.3 Å². The van der Waals surface area contributed by atoms with Crippen LogP contribution >= 0.6 is 0 Å². The van der Waals surface area contributed by atoms with Crippen molar-refractivity contribution < 1.29 is 14.4 Å². The lowest BCUT2D eigenvalue weighted by atomic mass is 9.73. The van der Waals surface area contributed by atoms with Gasteiger partial charge in [-0.2, -0.15) is 0 Å². The topological polar surface area (TPSA) is 78.5 Å². The minimum Gasteiger partial charge on any atom is -0.324 e. The van der Waals surface area contributed by atoms with E-state index in [0.717, 1.165) is 35.3 Å². The molecule has 0 radical (unpaired) electrons. The number of urea groups is 1. The lowest BCUT2D eigenvalue weighted by Crippen LogP contribution is -2.54. The van der Waals surface area contributed by atoms with Crippen molar-refractivity contribution in [2.45, 2.75) is 52.0 Å². The number of aryl methyl sites for hydroxylation is 2. The van der Waals surface area contributed by atoms with Crippen molar-refractivity contribution >= 4 is 23.5 Å². The Morgan fingerprint density at radius 3 is 2.76 bits per heavy atom. The van der Waals surface area contributed by atoms with Gasteiger partial charge in [0.05, 0.1) is 0 Å². The van der Waals surface area contributed by atoms with Gasteiger partial charge < -0.3 is 10.6 Å². The molecule has 1 spiro atoms. The lowest BCUT2D eigenvalue weighted by Gasteiger charge is -2.36. The first-order valence-corrected chi connectivity index (χ1v) is 8.85. The summed E-state index contributed by atoms with van der Waals surface area (Å²) in [6, 6.07) is 5.26. The second-order valence-electron chi connectivity index (χ2n) is 7.31. The van der Waals surface area contributed by atoms with Crippen molar-refractivity contribution in [2.24, 2.45) is 5.92 Å². The second kappa shape index (κ2) is 6.50. The van der Waals surface area contributed by atoms with Crippen LogP contribution in [0.3, 0.4) is 0 Å². The fourth-order valence-corrected chi connectivity index (χ4v) is 3.93. The molecule has 134 valence electrons. The summed E-state index contributed by atoms with van der Waals surface area (Å²) in [5.74, 6) is -0.540. The van der Waals surface area contributed by atoms with Gasteiger partial charge in [-0.15, -0.1) is 0 Å². The van der Waals surface area contributed by atoms with Crippen LogP contribution < -0.4 is 10.6 Å². The first kappa shape index (κ1) is 17.5. The summed E-state index contributed by atoms with van der Waals surface area (Å²) < 4.78 is 0. The van der Waals surface area contributed by atoms with E-state index in [1.54, 1.807) is 0 Å². The van der Waals surface area contributed by atoms with Crippen LogP contribution in [0, 0.1) is 19.8 Å². The van der Waals surface area contributed by atoms with Gasteiger partial charge in [0, 0.05) is 5.69 Å². The molecule has 6 nitrogen and oxygen atoms in total. The number of amides is 4. The predicted molar refractivity (Wildman–Crippen MR) is 95.2 cm³/mol. The van der Waals surface area contributed by atoms with Gasteiger partial charge in [-0.1, -0.05) is 37.5 Å². The van der Waals surface area contributed by atoms with Crippen molar-refractivity contribution in [3.8, 4) is 0 Å². The number of carbonyl (C=O) groups is 3. The molecule has 1 aliphatic carbocycles. The summed E-state index contributed by atoms with van der Waals surface area (Å²) in [4.78, 5) is 38.6. The number of hydrogen-bond acceptors (Lipinski definition) is 3. The maximum Gasteiger partial charge on any atom is 0.325 e. The van der Waals surface area contributed by atoms with Crippen LogP contribution in [0.15, 0.2) is 18.2 Å². The summed E-state index contributed by atoms with van der Waals surface area (Å²) in [5, 5.41) is 5.66. The average molecular weight is 343 g/mol. The van der Waals surface area contributed by atoms with Crippen molar-refractivity contribution in [3.05, 3.63) is 29.3 Å². The van der Waals surface area contributed by atoms with E-state index >= 15 is 0 Å². The Hall–Kier alpha value is -2.37. The smallest absolute Gasteiger partial charge is 0.324 e. The van der Waals surface area contributed by atoms with Gasteiger partial charge in [-0.3, -0.25) is 14.5 Å². The van der Waals surface area contributed by atoms with Gasteiger partial charge in [0.25, 0.3) is 5.91 Å². The maximum atomic E-state index is 12.9. The highest BCUT2D eigenvalue weighted by atomic mass is 16.2. The summed E-state index contributed by atoms with van der Waals surface area (Å²) in [6.45, 7) is 5.63. The summed E-state index contributed by atoms with van der Waals surface area (Å²) in [6.07, 6.45) is 3.54. The monoisotopic (exact) mass is 343 g/mol. The van der Waals surface area contributed by atoms with E-state index in [1.807, 2.05) is 39.0 Å². The van der Waals surface area contributed by atoms with E-state index in [4.69, 9.17) is 0 Å². The van der Waals surface area contributed by atoms with Gasteiger partial charge in [0.1, 0.15) is 12.1 Å². The Morgan fingerprint density at radius 1 is 1.32 bits per heavy atom. The standard InChI is InChI=1S/C19H25N3O3/c1-12-7-8-15(13(2)10-12)20-16(23)11-22-17(24)19(21-18(22)25)9-5-4-6-14(19)3/h7-8,10,14H,4-6,9,11H2,1-3H3,(H,20,23)(H,21,25). The summed E-state index contributed by atoms with van der Waals surface area (Å²) >= 11 is 0. The van der Waals surface area contributed by atoms with Gasteiger partial charge in [0.15, 0.2) is 0 Å². The van der Waals surface area contributed by atoms with Gasteiger partial charge in [-0.05, 0) is 44.2 Å². The molecule has 2 N–H and O–H groups in total. The molecule has 4 amide bonds. The predicted octanol–water partition coefficient (Wildman–Crippen LogP) is 2.74. The molecule has 0 aromatic heterocycles. The van der Waals surface area contributed by atoms with Crippen LogP contribution in [0.25, 0.3) is 0 Å². The SMILES string of the molecule is Cc1ccc(NC(=O)CN2C(=O)NC3(CCCCC3C)C2=O)c(C)c1. The van der Waals surface area contributed by atoms with Crippen molar-refractivity contribution in [1.82, 2.24) is 10.2 Å². The number of carbonyl (C=O) groups excluding carboxylic acids is 3. The average Bonchev–Trinajstić information content (AvgIpc) is 2.78. The largest absolute Gasteiger partial charge is 0.325 e. The first-order valence-electron chi connectivity index (χ1n) is 8.85. The minimum absolute atomic E-state index is 0.0881. The molecule has 0 bridgehead atoms. The lowest BCUT2D eigenvalue weighted by molar-refractivity contribution is -0.136. The molecule has 1 aliphatic heterocycles. The Labute approximate surface area is 148 Å². The van der Waals surface area contributed by atoms with Crippen LogP contribution in [0.1, 0.15) is 43.7 Å². The van der Waals surface area contributed by atoms with Crippen LogP contribution in [-0.4, -0.2) is 34.8 Å². The second-order valence-corrected chi connectivity index (χ2v) is 7.31. The highest BCUT2D eigenvalue weighted by molar-refractivity contribution is 6.10. The molecule has 1 aromatic carbocycles. The number of nitrogens with zero attached hydrogens (tertiary/aromatic N) is 1. The summed E-state index contributed by atoms with van der Waals surface area (Å²) in [7, 11) is 0. The van der Waals surface area contributed by atoms with E-state index in [1.165, 1.54) is 0 Å². The zero-order valence-electron chi connectivity index (χ0n) is 15.0. The first-order chi connectivity index (χ1) is 11.8. The molecule has 25 heavy (non-hydrogen) atoms. The van der Waals surface area contributed by atoms with E-state index < -0.39 is 11.6 Å². The number of nitrogens with one attached hydrogen (secondary N) is 2. The van der Waals surface area contributed by atoms with E-state index in [2.05, 4.69) is 10.6 Å². The van der Waals surface area contributed by atoms with Gasteiger partial charge >= 0.3 is 6.03 Å². The van der Waals surface area contributed by atoms with Gasteiger partial charge in [0.2, 0.25) is 5.91 Å². The minimum atomic E-state index is -0.824. The van der Waals surface area contributed by atoms with Crippen LogP contribution in [0.5, 0.6) is 0 Å². The fraction of sp³-hybridized carbons (Fsp3) is 0.526. The van der Waals surface area contributed by atoms with Gasteiger partial charge in [-0.25, -0.2) is 4.79 Å². The number of anilines is 1. The molecule has 1 saturated heterocycles. The Morgan fingerprint density at radius 2 is 2.08 bits per heavy atom. The third kappa shape index (κ3) is 3.13. The molecule has 2 fully saturated rings. The Balaban J connectivity index is 1.71. The Kier molecular flexibility index (Phi) is 4.54. The maximum absolute atomic E-state index is 12.9. The molecule has 2 aliphatic rings. The van der Waals surface area contributed by atoms with E-state index in [9.17, 15) is 14.4 Å². The molecular formula is C19H25N3O3. The summed E-state index contributed by atoms with van der Waals surface area (Å²) in [5.41, 5.74) is 1.93. The van der Waals surface area contributed by atoms with Crippen molar-refractivity contribution in [1.29, 1.82) is 0 Å². The molecule has 2 atom stereocenters. The number of imide groups is 1.